The van der Waals surface area contributed by atoms with Crippen LogP contribution in [0.2, 0.25) is 0 Å². The molecule has 3 aromatic rings. The molecule has 1 fully saturated rings. The van der Waals surface area contributed by atoms with Gasteiger partial charge in [0.05, 0.1) is 12.6 Å². The zero-order valence-corrected chi connectivity index (χ0v) is 15.9. The molecule has 30 heavy (non-hydrogen) atoms. The lowest BCUT2D eigenvalue weighted by Gasteiger charge is -2.34. The summed E-state index contributed by atoms with van der Waals surface area (Å²) in [6, 6.07) is 8.01. The minimum Gasteiger partial charge on any atom is -0.394 e. The summed E-state index contributed by atoms with van der Waals surface area (Å²) >= 11 is 0. The van der Waals surface area contributed by atoms with Crippen LogP contribution < -0.4 is 11.5 Å². The summed E-state index contributed by atoms with van der Waals surface area (Å²) in [5, 5.41) is 30.9. The molecule has 1 saturated heterocycles. The minimum atomic E-state index is -2.16. The van der Waals surface area contributed by atoms with E-state index < -0.39 is 42.5 Å². The van der Waals surface area contributed by atoms with Crippen molar-refractivity contribution in [1.82, 2.24) is 19.5 Å². The third-order valence-electron chi connectivity index (χ3n) is 5.32. The fraction of sp³-hybridized carbons (Fsp3) is 0.368. The summed E-state index contributed by atoms with van der Waals surface area (Å²) in [7, 11) is 0. The Morgan fingerprint density at radius 2 is 1.97 bits per heavy atom. The second kappa shape index (κ2) is 7.70. The largest absolute Gasteiger partial charge is 0.394 e. The van der Waals surface area contributed by atoms with Crippen molar-refractivity contribution >= 4 is 22.8 Å². The average Bonchev–Trinajstić information content (AvgIpc) is 3.30. The normalized spacial score (nSPS) is 27.4. The lowest BCUT2D eigenvalue weighted by atomic mass is 9.91. The molecule has 11 nitrogen and oxygen atoms in total. The van der Waals surface area contributed by atoms with E-state index in [0.717, 1.165) is 5.56 Å². The molecule has 0 unspecified atom stereocenters. The number of nitrogens with two attached hydrogens (primary N) is 2. The molecule has 2 aromatic heterocycles. The smallest absolute Gasteiger partial charge is 0.238 e. The fourth-order valence-corrected chi connectivity index (χ4v) is 3.79. The summed E-state index contributed by atoms with van der Waals surface area (Å²) in [4.78, 5) is 25.7. The van der Waals surface area contributed by atoms with E-state index in [0.29, 0.717) is 0 Å². The number of aliphatic hydroxyl groups is 3. The van der Waals surface area contributed by atoms with Gasteiger partial charge < -0.3 is 31.5 Å². The predicted octanol–water partition coefficient (Wildman–Crippen LogP) is -1.69. The van der Waals surface area contributed by atoms with Crippen LogP contribution in [-0.2, 0) is 21.7 Å². The van der Waals surface area contributed by atoms with Crippen molar-refractivity contribution in [2.75, 3.05) is 12.3 Å². The topological polar surface area (TPSA) is 183 Å². The van der Waals surface area contributed by atoms with Gasteiger partial charge in [-0.1, -0.05) is 30.3 Å². The van der Waals surface area contributed by atoms with Gasteiger partial charge in [0.25, 0.3) is 0 Å². The lowest BCUT2D eigenvalue weighted by molar-refractivity contribution is -0.175. The maximum Gasteiger partial charge on any atom is 0.238 e. The number of hydrogen-bond donors (Lipinski definition) is 5. The zero-order chi connectivity index (χ0) is 21.5. The first-order valence-electron chi connectivity index (χ1n) is 9.32. The van der Waals surface area contributed by atoms with Gasteiger partial charge in [0.2, 0.25) is 11.5 Å². The second-order valence-corrected chi connectivity index (χ2v) is 7.18. The van der Waals surface area contributed by atoms with Gasteiger partial charge in [-0.15, -0.1) is 0 Å². The fourth-order valence-electron chi connectivity index (χ4n) is 3.79. The van der Waals surface area contributed by atoms with Crippen molar-refractivity contribution in [3.05, 3.63) is 48.5 Å². The molecule has 11 heteroatoms. The Morgan fingerprint density at radius 1 is 1.23 bits per heavy atom. The Bertz CT molecular complexity index is 1060. The van der Waals surface area contributed by atoms with Gasteiger partial charge in [-0.3, -0.25) is 9.36 Å². The number of benzene rings is 1. The molecule has 1 aliphatic heterocycles. The van der Waals surface area contributed by atoms with Gasteiger partial charge in [-0.25, -0.2) is 15.0 Å². The number of nitrogens with zero attached hydrogens (tertiary/aromatic N) is 4. The maximum atomic E-state index is 13.6. The molecule has 5 atom stereocenters. The van der Waals surface area contributed by atoms with Crippen LogP contribution in [0.1, 0.15) is 5.56 Å². The van der Waals surface area contributed by atoms with E-state index in [1.54, 1.807) is 0 Å². The molecule has 1 aromatic carbocycles. The minimum absolute atomic E-state index is 0.0710. The summed E-state index contributed by atoms with van der Waals surface area (Å²) in [5.41, 5.74) is 11.0. The molecule has 4 rings (SSSR count). The third kappa shape index (κ3) is 3.04. The van der Waals surface area contributed by atoms with Gasteiger partial charge >= 0.3 is 0 Å². The molecule has 0 bridgehead atoms. The van der Waals surface area contributed by atoms with Gasteiger partial charge in [-0.2, -0.15) is 0 Å². The van der Waals surface area contributed by atoms with E-state index in [1.807, 2.05) is 30.3 Å². The first-order chi connectivity index (χ1) is 14.4. The van der Waals surface area contributed by atoms with E-state index in [9.17, 15) is 20.1 Å². The zero-order valence-electron chi connectivity index (χ0n) is 15.9. The number of carbonyl (C=O) groups excluding carboxylic acids is 1. The molecule has 0 saturated carbocycles. The highest BCUT2D eigenvalue weighted by Gasteiger charge is 2.61. The Balaban J connectivity index is 1.82. The molecular weight excluding hydrogens is 392 g/mol. The molecule has 0 amide bonds. The van der Waals surface area contributed by atoms with Crippen LogP contribution in [0.15, 0.2) is 43.0 Å². The molecule has 0 aliphatic carbocycles. The molecular formula is C19H22N6O5. The quantitative estimate of drug-likeness (QED) is 0.312. The molecule has 158 valence electrons. The highest BCUT2D eigenvalue weighted by atomic mass is 16.6. The number of imidazole rings is 1. The Hall–Kier alpha value is -2.96. The van der Waals surface area contributed by atoms with Crippen LogP contribution in [-0.4, -0.2) is 71.6 Å². The van der Waals surface area contributed by atoms with E-state index in [4.69, 9.17) is 16.2 Å². The number of Topliss-reactive ketones (excluding diaryl/α,β-unsaturated/α-hetero) is 1. The first kappa shape index (κ1) is 20.3. The number of aliphatic hydroxyl groups excluding tert-OH is 3. The lowest BCUT2D eigenvalue weighted by Crippen LogP contribution is -2.57. The van der Waals surface area contributed by atoms with Crippen LogP contribution >= 0.6 is 0 Å². The van der Waals surface area contributed by atoms with Crippen molar-refractivity contribution in [1.29, 1.82) is 0 Å². The van der Waals surface area contributed by atoms with Crippen LogP contribution in [0.3, 0.4) is 0 Å². The number of carbonyl (C=O) groups is 1. The van der Waals surface area contributed by atoms with Crippen molar-refractivity contribution in [2.24, 2.45) is 5.73 Å². The number of fused-ring (bicyclic) bond motifs is 1. The van der Waals surface area contributed by atoms with Crippen molar-refractivity contribution < 1.29 is 24.9 Å². The number of rotatable bonds is 6. The van der Waals surface area contributed by atoms with E-state index >= 15 is 0 Å². The summed E-state index contributed by atoms with van der Waals surface area (Å²) in [6.45, 7) is -0.620. The Kier molecular flexibility index (Phi) is 5.22. The van der Waals surface area contributed by atoms with Crippen molar-refractivity contribution in [3.8, 4) is 0 Å². The van der Waals surface area contributed by atoms with Crippen LogP contribution in [0.5, 0.6) is 0 Å². The van der Waals surface area contributed by atoms with Crippen molar-refractivity contribution in [2.45, 2.75) is 36.5 Å². The van der Waals surface area contributed by atoms with E-state index in [-0.39, 0.29) is 23.4 Å². The van der Waals surface area contributed by atoms with Gasteiger partial charge in [-0.05, 0) is 12.0 Å². The maximum absolute atomic E-state index is 13.6. The summed E-state index contributed by atoms with van der Waals surface area (Å²) in [6.07, 6.45) is -1.93. The van der Waals surface area contributed by atoms with E-state index in [1.165, 1.54) is 17.2 Å². The highest BCUT2D eigenvalue weighted by molar-refractivity contribution is 5.93. The number of aromatic nitrogens is 4. The first-order valence-corrected chi connectivity index (χ1v) is 9.32. The molecule has 1 aliphatic rings. The van der Waals surface area contributed by atoms with Crippen LogP contribution in [0, 0.1) is 0 Å². The average molecular weight is 414 g/mol. The Labute approximate surface area is 170 Å². The van der Waals surface area contributed by atoms with Crippen LogP contribution in [0.25, 0.3) is 11.2 Å². The molecule has 0 spiro atoms. The summed E-state index contributed by atoms with van der Waals surface area (Å²) < 4.78 is 6.97. The monoisotopic (exact) mass is 414 g/mol. The third-order valence-corrected chi connectivity index (χ3v) is 5.32. The molecule has 0 radical (unpaired) electrons. The second-order valence-electron chi connectivity index (χ2n) is 7.18. The highest BCUT2D eigenvalue weighted by Crippen LogP contribution is 2.39. The van der Waals surface area contributed by atoms with Gasteiger partial charge in [0.15, 0.2) is 11.5 Å². The number of nitrogen functional groups attached to an aromatic ring is 1. The van der Waals surface area contributed by atoms with Gasteiger partial charge in [0.1, 0.15) is 36.5 Å². The van der Waals surface area contributed by atoms with Crippen LogP contribution in [0.4, 0.5) is 5.82 Å². The standard InChI is InChI=1S/C19H22N6O5/c20-11(6-10-4-2-1-3-5-10)15(28)19(16(29)14(27)12(7-26)30-19)25-9-24-13-17(21)22-8-23-18(13)25/h1-5,8-9,11-12,14,16,26-27,29H,6-7,20H2,(H2,21,22,23)/t11-,12+,14+,16+,19+/m0/s1. The van der Waals surface area contributed by atoms with Crippen molar-refractivity contribution in [3.63, 3.8) is 0 Å². The predicted molar refractivity (Wildman–Crippen MR) is 105 cm³/mol. The number of ether oxygens (including phenoxy) is 1. The Morgan fingerprint density at radius 3 is 2.63 bits per heavy atom. The number of ketones is 1. The number of hydrogen-bond acceptors (Lipinski definition) is 10. The van der Waals surface area contributed by atoms with Gasteiger partial charge in [0, 0.05) is 0 Å². The molecule has 7 N–H and O–H groups in total. The summed E-state index contributed by atoms with van der Waals surface area (Å²) in [5.74, 6) is -0.632. The number of anilines is 1. The van der Waals surface area contributed by atoms with E-state index in [2.05, 4.69) is 15.0 Å². The molecule has 3 heterocycles. The SMILES string of the molecule is Nc1ncnc2c1ncn2[C@]1(C(=O)[C@@H](N)Cc2ccccc2)O[C@H](CO)[C@@H](O)[C@H]1O.